The van der Waals surface area contributed by atoms with Crippen molar-refractivity contribution in [1.82, 2.24) is 4.90 Å². The van der Waals surface area contributed by atoms with Crippen LogP contribution >= 0.6 is 0 Å². The standard InChI is InChI=1S/C14H25NO5/c1-11(2)15(12(3)18)8-14(4,5)6-13(20-10-17)7-19-9-16/h9-11,13H,6-8H2,1-5H3. The Balaban J connectivity index is 4.69. The minimum atomic E-state index is -0.506. The van der Waals surface area contributed by atoms with E-state index in [0.29, 0.717) is 25.9 Å². The van der Waals surface area contributed by atoms with Crippen LogP contribution in [0.15, 0.2) is 0 Å². The number of rotatable bonds is 10. The minimum Gasteiger partial charge on any atom is -0.464 e. The number of hydrogen-bond acceptors (Lipinski definition) is 5. The van der Waals surface area contributed by atoms with E-state index in [2.05, 4.69) is 4.74 Å². The summed E-state index contributed by atoms with van der Waals surface area (Å²) in [5.41, 5.74) is -0.268. The summed E-state index contributed by atoms with van der Waals surface area (Å²) in [5.74, 6) is 0.00470. The van der Waals surface area contributed by atoms with Gasteiger partial charge in [-0.05, 0) is 25.7 Å². The minimum absolute atomic E-state index is 0.00470. The molecule has 6 nitrogen and oxygen atoms in total. The third-order valence-corrected chi connectivity index (χ3v) is 3.00. The summed E-state index contributed by atoms with van der Waals surface area (Å²) in [6, 6.07) is 0.100. The highest BCUT2D eigenvalue weighted by molar-refractivity contribution is 5.73. The van der Waals surface area contributed by atoms with Crippen LogP contribution in [0.1, 0.15) is 41.0 Å². The Morgan fingerprint density at radius 2 is 1.85 bits per heavy atom. The van der Waals surface area contributed by atoms with Crippen molar-refractivity contribution in [3.05, 3.63) is 0 Å². The fourth-order valence-corrected chi connectivity index (χ4v) is 2.17. The van der Waals surface area contributed by atoms with E-state index < -0.39 is 6.10 Å². The molecule has 0 aliphatic carbocycles. The first-order chi connectivity index (χ1) is 9.23. The average molecular weight is 287 g/mol. The van der Waals surface area contributed by atoms with E-state index in [4.69, 9.17) is 4.74 Å². The third-order valence-electron chi connectivity index (χ3n) is 3.00. The van der Waals surface area contributed by atoms with Gasteiger partial charge in [0, 0.05) is 19.5 Å². The monoisotopic (exact) mass is 287 g/mol. The van der Waals surface area contributed by atoms with Gasteiger partial charge in [-0.15, -0.1) is 0 Å². The van der Waals surface area contributed by atoms with E-state index >= 15 is 0 Å². The zero-order valence-corrected chi connectivity index (χ0v) is 12.9. The van der Waals surface area contributed by atoms with Crippen molar-refractivity contribution < 1.29 is 23.9 Å². The summed E-state index contributed by atoms with van der Waals surface area (Å²) in [5, 5.41) is 0. The molecular formula is C14H25NO5. The molecule has 1 amide bonds. The van der Waals surface area contributed by atoms with Crippen LogP contribution < -0.4 is 0 Å². The maximum absolute atomic E-state index is 11.6. The lowest BCUT2D eigenvalue weighted by Gasteiger charge is -2.36. The summed E-state index contributed by atoms with van der Waals surface area (Å²) in [6.07, 6.45) is -0.00975. The molecule has 0 spiro atoms. The Labute approximate surface area is 120 Å². The lowest BCUT2D eigenvalue weighted by molar-refractivity contribution is -0.145. The average Bonchev–Trinajstić information content (AvgIpc) is 2.32. The van der Waals surface area contributed by atoms with Crippen LogP contribution in [0.3, 0.4) is 0 Å². The lowest BCUT2D eigenvalue weighted by atomic mass is 9.85. The van der Waals surface area contributed by atoms with Crippen LogP contribution in [0.25, 0.3) is 0 Å². The normalized spacial score (nSPS) is 12.7. The molecule has 6 heteroatoms. The molecule has 0 saturated heterocycles. The van der Waals surface area contributed by atoms with Gasteiger partial charge in [0.1, 0.15) is 12.7 Å². The molecule has 0 saturated carbocycles. The van der Waals surface area contributed by atoms with Crippen LogP contribution in [-0.4, -0.2) is 49.0 Å². The van der Waals surface area contributed by atoms with Crippen molar-refractivity contribution in [2.75, 3.05) is 13.2 Å². The molecule has 0 rings (SSSR count). The Morgan fingerprint density at radius 1 is 1.25 bits per heavy atom. The van der Waals surface area contributed by atoms with Gasteiger partial charge in [-0.2, -0.15) is 0 Å². The molecule has 0 heterocycles. The Kier molecular flexibility index (Phi) is 7.87. The van der Waals surface area contributed by atoms with E-state index in [1.165, 1.54) is 6.92 Å². The molecule has 0 aromatic carbocycles. The summed E-state index contributed by atoms with van der Waals surface area (Å²) in [7, 11) is 0. The van der Waals surface area contributed by atoms with E-state index in [9.17, 15) is 14.4 Å². The Bertz CT molecular complexity index is 328. The highest BCUT2D eigenvalue weighted by atomic mass is 16.6. The largest absolute Gasteiger partial charge is 0.464 e. The second-order valence-electron chi connectivity index (χ2n) is 5.89. The fraction of sp³-hybridized carbons (Fsp3) is 0.786. The van der Waals surface area contributed by atoms with Crippen LogP contribution in [0, 0.1) is 5.41 Å². The van der Waals surface area contributed by atoms with Crippen molar-refractivity contribution in [3.63, 3.8) is 0 Å². The Hall–Kier alpha value is -1.59. The molecule has 0 radical (unpaired) electrons. The van der Waals surface area contributed by atoms with Crippen molar-refractivity contribution in [2.45, 2.75) is 53.2 Å². The predicted molar refractivity (Wildman–Crippen MR) is 73.9 cm³/mol. The lowest BCUT2D eigenvalue weighted by Crippen LogP contribution is -2.43. The molecule has 116 valence electrons. The first kappa shape index (κ1) is 18.4. The smallest absolute Gasteiger partial charge is 0.293 e. The van der Waals surface area contributed by atoms with Gasteiger partial charge in [0.15, 0.2) is 0 Å². The van der Waals surface area contributed by atoms with Gasteiger partial charge < -0.3 is 14.4 Å². The van der Waals surface area contributed by atoms with E-state index in [0.717, 1.165) is 0 Å². The second-order valence-corrected chi connectivity index (χ2v) is 5.89. The molecule has 0 aliphatic heterocycles. The number of carbonyl (C=O) groups excluding carboxylic acids is 3. The van der Waals surface area contributed by atoms with Crippen LogP contribution in [0.4, 0.5) is 0 Å². The molecule has 1 atom stereocenters. The maximum Gasteiger partial charge on any atom is 0.293 e. The zero-order chi connectivity index (χ0) is 15.8. The molecular weight excluding hydrogens is 262 g/mol. The molecule has 20 heavy (non-hydrogen) atoms. The van der Waals surface area contributed by atoms with Gasteiger partial charge in [0.25, 0.3) is 12.9 Å². The first-order valence-corrected chi connectivity index (χ1v) is 6.65. The Morgan fingerprint density at radius 3 is 2.25 bits per heavy atom. The summed E-state index contributed by atoms with van der Waals surface area (Å²) < 4.78 is 9.56. The topological polar surface area (TPSA) is 72.9 Å². The quantitative estimate of drug-likeness (QED) is 0.567. The van der Waals surface area contributed by atoms with Crippen LogP contribution in [0.2, 0.25) is 0 Å². The van der Waals surface area contributed by atoms with Gasteiger partial charge in [-0.1, -0.05) is 13.8 Å². The highest BCUT2D eigenvalue weighted by Gasteiger charge is 2.29. The van der Waals surface area contributed by atoms with E-state index in [1.807, 2.05) is 27.7 Å². The molecule has 0 bridgehead atoms. The third kappa shape index (κ3) is 7.11. The van der Waals surface area contributed by atoms with Crippen molar-refractivity contribution in [2.24, 2.45) is 5.41 Å². The van der Waals surface area contributed by atoms with Gasteiger partial charge in [0.2, 0.25) is 5.91 Å². The van der Waals surface area contributed by atoms with E-state index in [-0.39, 0.29) is 24.0 Å². The predicted octanol–water partition coefficient (Wildman–Crippen LogP) is 1.37. The highest BCUT2D eigenvalue weighted by Crippen LogP contribution is 2.26. The van der Waals surface area contributed by atoms with Crippen molar-refractivity contribution in [3.8, 4) is 0 Å². The number of ether oxygens (including phenoxy) is 2. The molecule has 0 aliphatic rings. The second kappa shape index (κ2) is 8.55. The SMILES string of the molecule is CC(=O)N(CC(C)(C)CC(COC=O)OC=O)C(C)C. The van der Waals surface area contributed by atoms with Crippen LogP contribution in [0.5, 0.6) is 0 Å². The summed E-state index contributed by atoms with van der Waals surface area (Å²) in [6.45, 7) is 10.6. The fourth-order valence-electron chi connectivity index (χ4n) is 2.17. The van der Waals surface area contributed by atoms with Gasteiger partial charge >= 0.3 is 0 Å². The van der Waals surface area contributed by atoms with Gasteiger partial charge in [0.05, 0.1) is 0 Å². The number of hydrogen-bond donors (Lipinski definition) is 0. The van der Waals surface area contributed by atoms with E-state index in [1.54, 1.807) is 4.90 Å². The molecule has 0 N–H and O–H groups in total. The van der Waals surface area contributed by atoms with Crippen LogP contribution in [-0.2, 0) is 23.9 Å². The number of amides is 1. The number of nitrogens with zero attached hydrogens (tertiary/aromatic N) is 1. The van der Waals surface area contributed by atoms with Crippen molar-refractivity contribution in [1.29, 1.82) is 0 Å². The number of carbonyl (C=O) groups is 3. The van der Waals surface area contributed by atoms with Gasteiger partial charge in [-0.25, -0.2) is 0 Å². The zero-order valence-electron chi connectivity index (χ0n) is 12.9. The molecule has 1 unspecified atom stereocenters. The molecule has 0 fully saturated rings. The summed E-state index contributed by atoms with van der Waals surface area (Å²) in [4.78, 5) is 34.1. The van der Waals surface area contributed by atoms with Crippen molar-refractivity contribution >= 4 is 18.9 Å². The maximum atomic E-state index is 11.6. The molecule has 0 aromatic rings. The first-order valence-electron chi connectivity index (χ1n) is 6.65. The molecule has 0 aromatic heterocycles. The van der Waals surface area contributed by atoms with Gasteiger partial charge in [-0.3, -0.25) is 14.4 Å². The summed E-state index contributed by atoms with van der Waals surface area (Å²) >= 11 is 0.